The molecule has 0 spiro atoms. The smallest absolute Gasteiger partial charge is 0.228 e. The minimum atomic E-state index is 0.0398. The van der Waals surface area contributed by atoms with Gasteiger partial charge in [0, 0.05) is 32.2 Å². The van der Waals surface area contributed by atoms with Crippen molar-refractivity contribution in [2.24, 2.45) is 23.2 Å². The van der Waals surface area contributed by atoms with Crippen LogP contribution in [-0.2, 0) is 17.8 Å². The predicted octanol–water partition coefficient (Wildman–Crippen LogP) is 3.86. The highest BCUT2D eigenvalue weighted by atomic mass is 16.2. The lowest BCUT2D eigenvalue weighted by Crippen LogP contribution is -2.54. The van der Waals surface area contributed by atoms with E-state index in [0.29, 0.717) is 11.9 Å². The Bertz CT molecular complexity index is 721. The fourth-order valence-corrected chi connectivity index (χ4v) is 7.76. The molecule has 3 nitrogen and oxygen atoms in total. The number of amides is 1. The molecule has 7 rings (SSSR count). The lowest BCUT2D eigenvalue weighted by Gasteiger charge is -2.56. The van der Waals surface area contributed by atoms with E-state index in [1.807, 2.05) is 0 Å². The molecule has 1 saturated heterocycles. The van der Waals surface area contributed by atoms with E-state index in [9.17, 15) is 4.79 Å². The van der Waals surface area contributed by atoms with Crippen LogP contribution in [-0.4, -0.2) is 41.4 Å². The summed E-state index contributed by atoms with van der Waals surface area (Å²) in [7, 11) is 0. The third-order valence-electron chi connectivity index (χ3n) is 8.62. The lowest BCUT2D eigenvalue weighted by molar-refractivity contribution is -0.156. The number of carbonyl (C=O) groups is 1. The molecule has 1 amide bonds. The van der Waals surface area contributed by atoms with Crippen LogP contribution >= 0.6 is 0 Å². The van der Waals surface area contributed by atoms with Gasteiger partial charge in [0.2, 0.25) is 5.91 Å². The number of rotatable bonds is 2. The number of nitrogens with zero attached hydrogens (tertiary/aromatic N) is 2. The second kappa shape index (κ2) is 6.07. The van der Waals surface area contributed by atoms with Crippen LogP contribution in [0.4, 0.5) is 0 Å². The van der Waals surface area contributed by atoms with E-state index >= 15 is 0 Å². The third-order valence-corrected chi connectivity index (χ3v) is 8.62. The predicted molar refractivity (Wildman–Crippen MR) is 106 cm³/mol. The first-order valence-electron chi connectivity index (χ1n) is 11.3. The molecular formula is C24H32N2O. The topological polar surface area (TPSA) is 23.6 Å². The SMILES string of the molecule is O=C(N1CC[C@H](N2CCc3ccccc3C2)C1)C12CC3CC(CC(C3)C1)C2. The zero-order valence-electron chi connectivity index (χ0n) is 16.4. The van der Waals surface area contributed by atoms with Crippen molar-refractivity contribution < 1.29 is 4.79 Å². The van der Waals surface area contributed by atoms with Crippen LogP contribution in [0.25, 0.3) is 0 Å². The van der Waals surface area contributed by atoms with Crippen molar-refractivity contribution in [1.82, 2.24) is 9.80 Å². The Balaban J connectivity index is 1.15. The number of likely N-dealkylation sites (tertiary alicyclic amines) is 1. The van der Waals surface area contributed by atoms with Gasteiger partial charge in [0.05, 0.1) is 5.41 Å². The molecule has 4 bridgehead atoms. The molecule has 1 atom stereocenters. The van der Waals surface area contributed by atoms with Crippen LogP contribution in [0.15, 0.2) is 24.3 Å². The van der Waals surface area contributed by atoms with Gasteiger partial charge in [-0.2, -0.15) is 0 Å². The minimum Gasteiger partial charge on any atom is -0.341 e. The lowest BCUT2D eigenvalue weighted by atomic mass is 9.49. The molecule has 0 radical (unpaired) electrons. The first-order valence-corrected chi connectivity index (χ1v) is 11.3. The van der Waals surface area contributed by atoms with Gasteiger partial charge in [0.1, 0.15) is 0 Å². The van der Waals surface area contributed by atoms with Crippen molar-refractivity contribution in [3.8, 4) is 0 Å². The number of hydrogen-bond donors (Lipinski definition) is 0. The van der Waals surface area contributed by atoms with Gasteiger partial charge in [0.25, 0.3) is 0 Å². The molecule has 144 valence electrons. The molecule has 0 aromatic heterocycles. The molecule has 6 aliphatic rings. The van der Waals surface area contributed by atoms with Gasteiger partial charge in [0.15, 0.2) is 0 Å². The minimum absolute atomic E-state index is 0.0398. The van der Waals surface area contributed by atoms with E-state index in [1.54, 1.807) is 0 Å². The Kier molecular flexibility index (Phi) is 3.73. The van der Waals surface area contributed by atoms with Gasteiger partial charge < -0.3 is 4.90 Å². The summed E-state index contributed by atoms with van der Waals surface area (Å²) in [5.74, 6) is 3.12. The van der Waals surface area contributed by atoms with Gasteiger partial charge in [-0.05, 0) is 80.2 Å². The summed E-state index contributed by atoms with van der Waals surface area (Å²) < 4.78 is 0. The molecule has 3 heteroatoms. The van der Waals surface area contributed by atoms with Gasteiger partial charge in [-0.25, -0.2) is 0 Å². The molecule has 2 heterocycles. The van der Waals surface area contributed by atoms with Crippen molar-refractivity contribution in [3.05, 3.63) is 35.4 Å². The highest BCUT2D eigenvalue weighted by Crippen LogP contribution is 2.60. The van der Waals surface area contributed by atoms with Crippen LogP contribution in [0.5, 0.6) is 0 Å². The largest absolute Gasteiger partial charge is 0.341 e. The molecule has 4 aliphatic carbocycles. The van der Waals surface area contributed by atoms with E-state index in [0.717, 1.165) is 50.4 Å². The van der Waals surface area contributed by atoms with Gasteiger partial charge >= 0.3 is 0 Å². The molecule has 4 saturated carbocycles. The first kappa shape index (κ1) is 16.6. The van der Waals surface area contributed by atoms with E-state index < -0.39 is 0 Å². The van der Waals surface area contributed by atoms with E-state index in [-0.39, 0.29) is 5.41 Å². The molecular weight excluding hydrogens is 332 g/mol. The Labute approximate surface area is 163 Å². The second-order valence-corrected chi connectivity index (χ2v) is 10.4. The Morgan fingerprint density at radius 3 is 2.30 bits per heavy atom. The molecule has 2 aliphatic heterocycles. The average molecular weight is 365 g/mol. The van der Waals surface area contributed by atoms with Crippen molar-refractivity contribution in [2.45, 2.75) is 64.0 Å². The van der Waals surface area contributed by atoms with Crippen molar-refractivity contribution in [3.63, 3.8) is 0 Å². The van der Waals surface area contributed by atoms with Gasteiger partial charge in [-0.15, -0.1) is 0 Å². The molecule has 5 fully saturated rings. The normalized spacial score (nSPS) is 40.4. The van der Waals surface area contributed by atoms with Crippen molar-refractivity contribution in [1.29, 1.82) is 0 Å². The molecule has 1 aromatic rings. The van der Waals surface area contributed by atoms with Crippen molar-refractivity contribution >= 4 is 5.91 Å². The molecule has 0 N–H and O–H groups in total. The monoisotopic (exact) mass is 364 g/mol. The molecule has 1 aromatic carbocycles. The van der Waals surface area contributed by atoms with Crippen LogP contribution in [0.2, 0.25) is 0 Å². The quantitative estimate of drug-likeness (QED) is 0.795. The Hall–Kier alpha value is -1.35. The number of benzene rings is 1. The summed E-state index contributed by atoms with van der Waals surface area (Å²) in [6, 6.07) is 9.46. The zero-order valence-corrected chi connectivity index (χ0v) is 16.4. The summed E-state index contributed by atoms with van der Waals surface area (Å²) in [5.41, 5.74) is 3.06. The third kappa shape index (κ3) is 2.68. The molecule has 0 unspecified atom stereocenters. The first-order chi connectivity index (χ1) is 13.2. The second-order valence-electron chi connectivity index (χ2n) is 10.4. The van der Waals surface area contributed by atoms with Crippen LogP contribution in [0.1, 0.15) is 56.1 Å². The fourth-order valence-electron chi connectivity index (χ4n) is 7.76. The number of hydrogen-bond acceptors (Lipinski definition) is 2. The zero-order chi connectivity index (χ0) is 18.0. The summed E-state index contributed by atoms with van der Waals surface area (Å²) in [5, 5.41) is 0. The number of carbonyl (C=O) groups excluding carboxylic acids is 1. The van der Waals surface area contributed by atoms with Crippen LogP contribution in [0.3, 0.4) is 0 Å². The van der Waals surface area contributed by atoms with Crippen LogP contribution in [0, 0.1) is 23.2 Å². The van der Waals surface area contributed by atoms with Gasteiger partial charge in [-0.3, -0.25) is 9.69 Å². The van der Waals surface area contributed by atoms with E-state index in [2.05, 4.69) is 34.1 Å². The van der Waals surface area contributed by atoms with Crippen molar-refractivity contribution in [2.75, 3.05) is 19.6 Å². The maximum absolute atomic E-state index is 13.6. The summed E-state index contributed by atoms with van der Waals surface area (Å²) in [6.07, 6.45) is 10.2. The highest BCUT2D eigenvalue weighted by molar-refractivity contribution is 5.83. The Morgan fingerprint density at radius 2 is 1.59 bits per heavy atom. The number of fused-ring (bicyclic) bond motifs is 1. The molecule has 27 heavy (non-hydrogen) atoms. The summed E-state index contributed by atoms with van der Waals surface area (Å²) in [6.45, 7) is 4.19. The highest BCUT2D eigenvalue weighted by Gasteiger charge is 2.56. The maximum Gasteiger partial charge on any atom is 0.228 e. The van der Waals surface area contributed by atoms with Crippen LogP contribution < -0.4 is 0 Å². The van der Waals surface area contributed by atoms with E-state index in [1.165, 1.54) is 56.1 Å². The standard InChI is InChI=1S/C24H32N2O/c27-23(24-12-17-9-18(13-24)11-19(10-17)14-24)26-8-6-22(16-26)25-7-5-20-3-1-2-4-21(20)15-25/h1-4,17-19,22H,5-16H2/t17?,18?,19?,22-,24?/m0/s1. The van der Waals surface area contributed by atoms with Gasteiger partial charge in [-0.1, -0.05) is 24.3 Å². The van der Waals surface area contributed by atoms with E-state index in [4.69, 9.17) is 0 Å². The Morgan fingerprint density at radius 1 is 0.926 bits per heavy atom. The maximum atomic E-state index is 13.6. The average Bonchev–Trinajstić information content (AvgIpc) is 3.16. The summed E-state index contributed by atoms with van der Waals surface area (Å²) >= 11 is 0. The summed E-state index contributed by atoms with van der Waals surface area (Å²) in [4.78, 5) is 18.6. The fraction of sp³-hybridized carbons (Fsp3) is 0.708.